The van der Waals surface area contributed by atoms with E-state index in [4.69, 9.17) is 10.4 Å². The summed E-state index contributed by atoms with van der Waals surface area (Å²) in [6, 6.07) is 24.4. The molecule has 4 aromatic rings. The molecule has 7 heteroatoms. The number of aryl methyl sites for hydroxylation is 1. The third-order valence-corrected chi connectivity index (χ3v) is 7.04. The molecule has 196 valence electrons. The molecule has 0 saturated carbocycles. The van der Waals surface area contributed by atoms with E-state index in [0.717, 1.165) is 47.1 Å². The van der Waals surface area contributed by atoms with Crippen LogP contribution in [0, 0.1) is 23.0 Å². The molecule has 1 N–H and O–H groups in total. The highest BCUT2D eigenvalue weighted by Crippen LogP contribution is 2.36. The normalized spacial score (nSPS) is 11.5. The zero-order valence-corrected chi connectivity index (χ0v) is 22.1. The molecule has 0 aliphatic heterocycles. The van der Waals surface area contributed by atoms with Gasteiger partial charge in [-0.15, -0.1) is 11.3 Å². The van der Waals surface area contributed by atoms with Crippen molar-refractivity contribution in [1.29, 1.82) is 5.26 Å². The topological polar surface area (TPSA) is 64.3 Å². The average Bonchev–Trinajstić information content (AvgIpc) is 3.39. The lowest BCUT2D eigenvalue weighted by molar-refractivity contribution is -0.132. The van der Waals surface area contributed by atoms with Crippen molar-refractivity contribution in [2.24, 2.45) is 0 Å². The minimum absolute atomic E-state index is 0.248. The molecule has 0 amide bonds. The second-order valence-corrected chi connectivity index (χ2v) is 9.99. The predicted octanol–water partition coefficient (Wildman–Crippen LogP) is 9.00. The van der Waals surface area contributed by atoms with E-state index in [1.807, 2.05) is 66.7 Å². The molecule has 0 unspecified atom stereocenters. The second kappa shape index (κ2) is 12.8. The van der Waals surface area contributed by atoms with Gasteiger partial charge in [0.05, 0.1) is 5.69 Å². The fourth-order valence-corrected chi connectivity index (χ4v) is 4.87. The number of rotatable bonds is 10. The van der Waals surface area contributed by atoms with E-state index >= 15 is 0 Å². The van der Waals surface area contributed by atoms with Gasteiger partial charge in [-0.25, -0.2) is 13.6 Å². The number of benzene rings is 3. The van der Waals surface area contributed by atoms with Crippen LogP contribution in [0.5, 0.6) is 0 Å². The predicted molar refractivity (Wildman–Crippen MR) is 154 cm³/mol. The van der Waals surface area contributed by atoms with Gasteiger partial charge in [-0.2, -0.15) is 5.26 Å². The van der Waals surface area contributed by atoms with E-state index in [2.05, 4.69) is 6.92 Å². The summed E-state index contributed by atoms with van der Waals surface area (Å²) in [6.07, 6.45) is 8.33. The fourth-order valence-electron chi connectivity index (χ4n) is 4.01. The van der Waals surface area contributed by atoms with Gasteiger partial charge in [-0.3, -0.25) is 0 Å². The maximum atomic E-state index is 14.9. The number of nitrogens with zero attached hydrogens (tertiary/aromatic N) is 2. The van der Waals surface area contributed by atoms with Crippen molar-refractivity contribution in [2.75, 3.05) is 4.90 Å². The molecule has 0 spiro atoms. The minimum Gasteiger partial charge on any atom is -0.477 e. The summed E-state index contributed by atoms with van der Waals surface area (Å²) in [5.74, 6) is -2.55. The first-order valence-corrected chi connectivity index (χ1v) is 13.3. The van der Waals surface area contributed by atoms with Gasteiger partial charge in [0.1, 0.15) is 23.3 Å². The SMILES string of the molecule is CCCCc1ccc(N(c2ccc(C=Cc3ccc(C=C(C#N)C(=O)O)s3)cc2)c2ccc(F)cc2F)cc1. The number of carboxylic acid groups (broad SMARTS) is 1. The molecule has 4 rings (SSSR count). The van der Waals surface area contributed by atoms with Gasteiger partial charge in [-0.1, -0.05) is 43.7 Å². The first-order chi connectivity index (χ1) is 18.9. The van der Waals surface area contributed by atoms with Gasteiger partial charge in [-0.05, 0) is 84.7 Å². The highest BCUT2D eigenvalue weighted by atomic mass is 32.1. The summed E-state index contributed by atoms with van der Waals surface area (Å²) in [4.78, 5) is 14.4. The molecule has 1 aromatic heterocycles. The van der Waals surface area contributed by atoms with Crippen LogP contribution in [0.1, 0.15) is 40.6 Å². The van der Waals surface area contributed by atoms with Crippen LogP contribution in [0.25, 0.3) is 18.2 Å². The van der Waals surface area contributed by atoms with Crippen LogP contribution in [0.3, 0.4) is 0 Å². The van der Waals surface area contributed by atoms with Crippen LogP contribution < -0.4 is 4.90 Å². The summed E-state index contributed by atoms with van der Waals surface area (Å²) < 4.78 is 28.6. The highest BCUT2D eigenvalue weighted by Gasteiger charge is 2.17. The van der Waals surface area contributed by atoms with Gasteiger partial charge in [0.2, 0.25) is 0 Å². The standard InChI is InChI=1S/C32H26F2N2O2S/c1-2-3-4-22-5-11-26(12-6-22)36(31-18-10-25(33)20-30(31)34)27-13-7-23(8-14-27)9-15-28-16-17-29(39-28)19-24(21-35)32(37)38/h5-20H,2-4H2,1H3,(H,37,38). The Balaban J connectivity index is 1.60. The molecule has 3 aromatic carbocycles. The molecule has 1 heterocycles. The van der Waals surface area contributed by atoms with Crippen molar-refractivity contribution in [2.45, 2.75) is 26.2 Å². The minimum atomic E-state index is -1.26. The number of aliphatic carboxylic acids is 1. The van der Waals surface area contributed by atoms with Crippen LogP contribution in [0.15, 0.2) is 84.4 Å². The maximum Gasteiger partial charge on any atom is 0.346 e. The zero-order valence-electron chi connectivity index (χ0n) is 21.3. The molecule has 0 atom stereocenters. The Labute approximate surface area is 230 Å². The van der Waals surface area contributed by atoms with Crippen molar-refractivity contribution >= 4 is 52.6 Å². The first kappa shape index (κ1) is 27.5. The molecule has 0 aliphatic carbocycles. The van der Waals surface area contributed by atoms with Crippen LogP contribution >= 0.6 is 11.3 Å². The van der Waals surface area contributed by atoms with E-state index in [-0.39, 0.29) is 11.3 Å². The quantitative estimate of drug-likeness (QED) is 0.161. The Morgan fingerprint density at radius 3 is 2.23 bits per heavy atom. The summed E-state index contributed by atoms with van der Waals surface area (Å²) in [7, 11) is 0. The second-order valence-electron chi connectivity index (χ2n) is 8.84. The molecule has 0 radical (unpaired) electrons. The van der Waals surface area contributed by atoms with Crippen LogP contribution in [-0.4, -0.2) is 11.1 Å². The Morgan fingerprint density at radius 1 is 0.949 bits per heavy atom. The van der Waals surface area contributed by atoms with Gasteiger partial charge < -0.3 is 10.0 Å². The third kappa shape index (κ3) is 7.07. The number of hydrogen-bond acceptors (Lipinski definition) is 4. The largest absolute Gasteiger partial charge is 0.477 e. The molecule has 39 heavy (non-hydrogen) atoms. The Bertz CT molecular complexity index is 1550. The van der Waals surface area contributed by atoms with E-state index in [1.165, 1.54) is 35.1 Å². The monoisotopic (exact) mass is 540 g/mol. The lowest BCUT2D eigenvalue weighted by Crippen LogP contribution is -2.12. The van der Waals surface area contributed by atoms with Gasteiger partial charge in [0.25, 0.3) is 0 Å². The summed E-state index contributed by atoms with van der Waals surface area (Å²) in [6.45, 7) is 2.15. The molecule has 0 saturated heterocycles. The Morgan fingerprint density at radius 2 is 1.62 bits per heavy atom. The molecule has 4 nitrogen and oxygen atoms in total. The molecule has 0 fully saturated rings. The van der Waals surface area contributed by atoms with E-state index < -0.39 is 17.6 Å². The molecular weight excluding hydrogens is 514 g/mol. The number of halogens is 2. The van der Waals surface area contributed by atoms with Crippen molar-refractivity contribution in [3.8, 4) is 6.07 Å². The molecule has 0 aliphatic rings. The fraction of sp³-hybridized carbons (Fsp3) is 0.125. The number of thiophene rings is 1. The lowest BCUT2D eigenvalue weighted by atomic mass is 10.1. The van der Waals surface area contributed by atoms with Crippen molar-refractivity contribution in [3.63, 3.8) is 0 Å². The molecular formula is C32H26F2N2O2S. The lowest BCUT2D eigenvalue weighted by Gasteiger charge is -2.26. The number of nitriles is 1. The average molecular weight is 541 g/mol. The van der Waals surface area contributed by atoms with Crippen LogP contribution in [0.2, 0.25) is 0 Å². The van der Waals surface area contributed by atoms with Gasteiger partial charge >= 0.3 is 5.97 Å². The smallest absolute Gasteiger partial charge is 0.346 e. The van der Waals surface area contributed by atoms with Crippen molar-refractivity contribution in [3.05, 3.63) is 117 Å². The highest BCUT2D eigenvalue weighted by molar-refractivity contribution is 7.13. The molecule has 0 bridgehead atoms. The third-order valence-electron chi connectivity index (χ3n) is 6.04. The summed E-state index contributed by atoms with van der Waals surface area (Å²) in [5.41, 5.74) is 3.53. The Hall–Kier alpha value is -4.54. The Kier molecular flexibility index (Phi) is 9.03. The van der Waals surface area contributed by atoms with Gasteiger partial charge in [0, 0.05) is 27.2 Å². The van der Waals surface area contributed by atoms with Crippen LogP contribution in [0.4, 0.5) is 25.8 Å². The van der Waals surface area contributed by atoms with Crippen molar-refractivity contribution in [1.82, 2.24) is 0 Å². The number of anilines is 3. The number of carboxylic acids is 1. The number of hydrogen-bond donors (Lipinski definition) is 1. The first-order valence-electron chi connectivity index (χ1n) is 12.4. The van der Waals surface area contributed by atoms with Gasteiger partial charge in [0.15, 0.2) is 0 Å². The van der Waals surface area contributed by atoms with E-state index in [1.54, 1.807) is 17.0 Å². The number of carbonyl (C=O) groups is 1. The maximum absolute atomic E-state index is 14.9. The van der Waals surface area contributed by atoms with Crippen molar-refractivity contribution < 1.29 is 18.7 Å². The summed E-state index contributed by atoms with van der Waals surface area (Å²) >= 11 is 1.37. The van der Waals surface area contributed by atoms with Crippen LogP contribution in [-0.2, 0) is 11.2 Å². The van der Waals surface area contributed by atoms with E-state index in [0.29, 0.717) is 4.88 Å². The zero-order chi connectivity index (χ0) is 27.8. The summed E-state index contributed by atoms with van der Waals surface area (Å²) in [5, 5.41) is 18.0. The number of unbranched alkanes of at least 4 members (excludes halogenated alkanes) is 1. The van der Waals surface area contributed by atoms with E-state index in [9.17, 15) is 13.6 Å².